The second-order valence-corrected chi connectivity index (χ2v) is 6.48. The number of rotatable bonds is 6. The van der Waals surface area contributed by atoms with Crippen LogP contribution in [0.5, 0.6) is 0 Å². The molecule has 0 heterocycles. The highest BCUT2D eigenvalue weighted by Gasteiger charge is 2.29. The quantitative estimate of drug-likeness (QED) is 0.863. The van der Waals surface area contributed by atoms with Crippen molar-refractivity contribution in [2.24, 2.45) is 11.7 Å². The van der Waals surface area contributed by atoms with Gasteiger partial charge in [0.05, 0.1) is 0 Å². The van der Waals surface area contributed by atoms with Crippen molar-refractivity contribution in [3.05, 3.63) is 35.4 Å². The zero-order valence-electron chi connectivity index (χ0n) is 13.0. The first-order chi connectivity index (χ1) is 10.0. The first kappa shape index (κ1) is 16.4. The summed E-state index contributed by atoms with van der Waals surface area (Å²) in [4.78, 5) is 2.37. The minimum Gasteiger partial charge on any atom is -0.329 e. The molecule has 0 aromatic heterocycles. The first-order valence-corrected chi connectivity index (χ1v) is 7.93. The van der Waals surface area contributed by atoms with Crippen LogP contribution in [0.3, 0.4) is 0 Å². The molecule has 118 valence electrons. The predicted molar refractivity (Wildman–Crippen MR) is 82.0 cm³/mol. The van der Waals surface area contributed by atoms with Crippen LogP contribution in [0.1, 0.15) is 51.1 Å². The highest BCUT2D eigenvalue weighted by atomic mass is 19.1. The maximum Gasteiger partial charge on any atom is 0.126 e. The molecule has 2 N–H and O–H groups in total. The molecule has 0 bridgehead atoms. The molecule has 21 heavy (non-hydrogen) atoms. The zero-order valence-corrected chi connectivity index (χ0v) is 13.0. The molecule has 1 unspecified atom stereocenters. The molecule has 1 aliphatic rings. The number of hydrogen-bond acceptors (Lipinski definition) is 2. The Balaban J connectivity index is 2.28. The molecule has 1 fully saturated rings. The van der Waals surface area contributed by atoms with Gasteiger partial charge in [-0.2, -0.15) is 0 Å². The van der Waals surface area contributed by atoms with Gasteiger partial charge in [0.25, 0.3) is 0 Å². The molecular weight excluding hydrogens is 270 g/mol. The highest BCUT2D eigenvalue weighted by molar-refractivity contribution is 5.22. The molecule has 0 spiro atoms. The van der Waals surface area contributed by atoms with Crippen molar-refractivity contribution in [3.8, 4) is 0 Å². The van der Waals surface area contributed by atoms with Gasteiger partial charge in [0.2, 0.25) is 0 Å². The third-order valence-corrected chi connectivity index (χ3v) is 4.26. The second kappa shape index (κ2) is 7.32. The fourth-order valence-corrected chi connectivity index (χ4v) is 3.42. The smallest absolute Gasteiger partial charge is 0.126 e. The predicted octanol–water partition coefficient (Wildman–Crippen LogP) is 3.87. The van der Waals surface area contributed by atoms with E-state index in [0.717, 1.165) is 25.5 Å². The maximum atomic E-state index is 13.5. The molecular formula is C17H26F2N2. The van der Waals surface area contributed by atoms with Gasteiger partial charge in [-0.25, -0.2) is 8.78 Å². The topological polar surface area (TPSA) is 29.3 Å². The van der Waals surface area contributed by atoms with E-state index in [2.05, 4.69) is 18.7 Å². The van der Waals surface area contributed by atoms with E-state index in [1.807, 2.05) is 0 Å². The van der Waals surface area contributed by atoms with E-state index in [1.54, 1.807) is 0 Å². The fourth-order valence-electron chi connectivity index (χ4n) is 3.42. The van der Waals surface area contributed by atoms with Crippen LogP contribution < -0.4 is 5.73 Å². The third kappa shape index (κ3) is 4.24. The minimum absolute atomic E-state index is 0.110. The van der Waals surface area contributed by atoms with E-state index < -0.39 is 11.6 Å². The summed E-state index contributed by atoms with van der Waals surface area (Å²) in [7, 11) is 0. The molecule has 2 nitrogen and oxygen atoms in total. The average Bonchev–Trinajstić information content (AvgIpc) is 2.90. The monoisotopic (exact) mass is 296 g/mol. The molecule has 1 atom stereocenters. The molecule has 1 aromatic carbocycles. The summed E-state index contributed by atoms with van der Waals surface area (Å²) in [6, 6.07) is 4.12. The Morgan fingerprint density at radius 2 is 1.71 bits per heavy atom. The van der Waals surface area contributed by atoms with Gasteiger partial charge in [-0.15, -0.1) is 0 Å². The van der Waals surface area contributed by atoms with Gasteiger partial charge >= 0.3 is 0 Å². The van der Waals surface area contributed by atoms with Crippen LogP contribution in [-0.4, -0.2) is 24.0 Å². The number of halogens is 2. The average molecular weight is 296 g/mol. The fraction of sp³-hybridized carbons (Fsp3) is 0.647. The molecule has 0 amide bonds. The molecule has 1 saturated carbocycles. The van der Waals surface area contributed by atoms with E-state index >= 15 is 0 Å². The minimum atomic E-state index is -0.528. The van der Waals surface area contributed by atoms with Crippen LogP contribution in [0.15, 0.2) is 18.2 Å². The van der Waals surface area contributed by atoms with Crippen molar-refractivity contribution < 1.29 is 8.78 Å². The van der Waals surface area contributed by atoms with Crippen molar-refractivity contribution >= 4 is 0 Å². The molecule has 4 heteroatoms. The van der Waals surface area contributed by atoms with Crippen LogP contribution in [0.2, 0.25) is 0 Å². The van der Waals surface area contributed by atoms with E-state index in [9.17, 15) is 8.78 Å². The van der Waals surface area contributed by atoms with Crippen LogP contribution in [-0.2, 0) is 0 Å². The summed E-state index contributed by atoms with van der Waals surface area (Å²) in [5.41, 5.74) is 6.62. The van der Waals surface area contributed by atoms with E-state index in [4.69, 9.17) is 5.73 Å². The van der Waals surface area contributed by atoms with Gasteiger partial charge in [-0.3, -0.25) is 4.90 Å². The van der Waals surface area contributed by atoms with Crippen molar-refractivity contribution in [3.63, 3.8) is 0 Å². The Kier molecular flexibility index (Phi) is 5.71. The summed E-state index contributed by atoms with van der Waals surface area (Å²) in [5.74, 6) is -0.559. The van der Waals surface area contributed by atoms with Gasteiger partial charge < -0.3 is 5.73 Å². The van der Waals surface area contributed by atoms with Crippen molar-refractivity contribution in [2.75, 3.05) is 13.1 Å². The molecule has 0 aliphatic heterocycles. The molecule has 2 rings (SSSR count). The van der Waals surface area contributed by atoms with Crippen molar-refractivity contribution in [2.45, 2.75) is 51.6 Å². The number of hydrogen-bond donors (Lipinski definition) is 1. The molecule has 0 radical (unpaired) electrons. The lowest BCUT2D eigenvalue weighted by molar-refractivity contribution is 0.121. The number of benzene rings is 1. The Labute approximate surface area is 126 Å². The van der Waals surface area contributed by atoms with Crippen LogP contribution in [0.4, 0.5) is 8.78 Å². The lowest BCUT2D eigenvalue weighted by Crippen LogP contribution is -2.42. The van der Waals surface area contributed by atoms with Gasteiger partial charge in [-0.1, -0.05) is 26.7 Å². The third-order valence-electron chi connectivity index (χ3n) is 4.26. The summed E-state index contributed by atoms with van der Waals surface area (Å²) in [6.07, 6.45) is 4.77. The molecule has 0 saturated heterocycles. The number of nitrogens with zero attached hydrogens (tertiary/aromatic N) is 1. The Hall–Kier alpha value is -1.00. The van der Waals surface area contributed by atoms with Crippen LogP contribution >= 0.6 is 0 Å². The van der Waals surface area contributed by atoms with Crippen molar-refractivity contribution in [1.82, 2.24) is 4.90 Å². The molecule has 1 aliphatic carbocycles. The Bertz CT molecular complexity index is 436. The second-order valence-electron chi connectivity index (χ2n) is 6.48. The maximum absolute atomic E-state index is 13.5. The van der Waals surface area contributed by atoms with Gasteiger partial charge in [0.15, 0.2) is 0 Å². The molecule has 1 aromatic rings. The van der Waals surface area contributed by atoms with Gasteiger partial charge in [0.1, 0.15) is 11.6 Å². The summed E-state index contributed by atoms with van der Waals surface area (Å²) >= 11 is 0. The normalized spacial score (nSPS) is 17.9. The van der Waals surface area contributed by atoms with Crippen LogP contribution in [0.25, 0.3) is 0 Å². The SMILES string of the molecule is CC(C)CN(C1CCCC1)C(CN)c1cc(F)cc(F)c1. The summed E-state index contributed by atoms with van der Waals surface area (Å²) in [6.45, 7) is 5.63. The summed E-state index contributed by atoms with van der Waals surface area (Å²) < 4.78 is 27.1. The standard InChI is InChI=1S/C17H26F2N2/c1-12(2)11-21(16-5-3-4-6-16)17(10-20)13-7-14(18)9-15(19)8-13/h7-9,12,16-17H,3-6,10-11,20H2,1-2H3. The first-order valence-electron chi connectivity index (χ1n) is 7.93. The van der Waals surface area contributed by atoms with E-state index in [-0.39, 0.29) is 6.04 Å². The zero-order chi connectivity index (χ0) is 15.4. The lowest BCUT2D eigenvalue weighted by Gasteiger charge is -2.37. The Morgan fingerprint density at radius 1 is 1.14 bits per heavy atom. The van der Waals surface area contributed by atoms with Crippen molar-refractivity contribution in [1.29, 1.82) is 0 Å². The summed E-state index contributed by atoms with van der Waals surface area (Å²) in [5, 5.41) is 0. The van der Waals surface area contributed by atoms with E-state index in [1.165, 1.54) is 25.0 Å². The number of nitrogens with two attached hydrogens (primary N) is 1. The lowest BCUT2D eigenvalue weighted by atomic mass is 10.00. The van der Waals surface area contributed by atoms with Gasteiger partial charge in [-0.05, 0) is 36.5 Å². The van der Waals surface area contributed by atoms with E-state index in [0.29, 0.717) is 24.1 Å². The van der Waals surface area contributed by atoms with Gasteiger partial charge in [0, 0.05) is 31.2 Å². The largest absolute Gasteiger partial charge is 0.329 e. The van der Waals surface area contributed by atoms with Crippen LogP contribution in [0, 0.1) is 17.6 Å². The highest BCUT2D eigenvalue weighted by Crippen LogP contribution is 2.32. The Morgan fingerprint density at radius 3 is 2.19 bits per heavy atom.